The number of rotatable bonds is 5. The highest BCUT2D eigenvalue weighted by Gasteiger charge is 2.27. The molecule has 1 aliphatic rings. The number of likely N-dealkylation sites (tertiary alicyclic amines) is 1. The molecule has 1 aromatic carbocycles. The minimum absolute atomic E-state index is 0.0552. The Labute approximate surface area is 145 Å². The van der Waals surface area contributed by atoms with Gasteiger partial charge in [0.2, 0.25) is 5.91 Å². The molecule has 1 unspecified atom stereocenters. The molecule has 25 heavy (non-hydrogen) atoms. The predicted molar refractivity (Wildman–Crippen MR) is 90.6 cm³/mol. The molecular formula is C18H20FN3O3. The number of aryl methyl sites for hydroxylation is 1. The second-order valence-corrected chi connectivity index (χ2v) is 6.01. The molecule has 1 aromatic heterocycles. The molecular weight excluding hydrogens is 325 g/mol. The molecule has 1 saturated heterocycles. The Balaban J connectivity index is 1.42. The van der Waals surface area contributed by atoms with Crippen molar-refractivity contribution in [2.24, 2.45) is 0 Å². The lowest BCUT2D eigenvalue weighted by Crippen LogP contribution is -2.40. The lowest BCUT2D eigenvalue weighted by atomic mass is 10.2. The Bertz CT molecular complexity index is 716. The van der Waals surface area contributed by atoms with Crippen LogP contribution in [0, 0.1) is 5.82 Å². The first-order valence-corrected chi connectivity index (χ1v) is 8.23. The average molecular weight is 345 g/mol. The number of halogens is 1. The fourth-order valence-corrected chi connectivity index (χ4v) is 2.83. The topological polar surface area (TPSA) is 74.6 Å². The normalized spacial score (nSPS) is 16.7. The number of furan rings is 1. The molecule has 6 nitrogen and oxygen atoms in total. The zero-order valence-corrected chi connectivity index (χ0v) is 13.7. The van der Waals surface area contributed by atoms with Crippen molar-refractivity contribution in [2.75, 3.05) is 18.4 Å². The number of amides is 3. The van der Waals surface area contributed by atoms with E-state index >= 15 is 0 Å². The summed E-state index contributed by atoms with van der Waals surface area (Å²) in [7, 11) is 0. The van der Waals surface area contributed by atoms with Crippen LogP contribution in [0.15, 0.2) is 47.1 Å². The van der Waals surface area contributed by atoms with Gasteiger partial charge in [0.15, 0.2) is 0 Å². The van der Waals surface area contributed by atoms with Crippen LogP contribution in [0.1, 0.15) is 18.6 Å². The molecule has 0 aliphatic carbocycles. The number of hydrogen-bond acceptors (Lipinski definition) is 3. The molecule has 7 heteroatoms. The SMILES string of the molecule is O=C(Nc1ccc(F)cc1)NC1CCN(C(=O)CCc2ccco2)C1. The molecule has 2 N–H and O–H groups in total. The maximum absolute atomic E-state index is 12.9. The van der Waals surface area contributed by atoms with Crippen LogP contribution in [0.3, 0.4) is 0 Å². The summed E-state index contributed by atoms with van der Waals surface area (Å²) in [5.41, 5.74) is 0.517. The van der Waals surface area contributed by atoms with Crippen LogP contribution in [-0.2, 0) is 11.2 Å². The summed E-state index contributed by atoms with van der Waals surface area (Å²) in [4.78, 5) is 26.0. The Hall–Kier alpha value is -2.83. The molecule has 3 amide bonds. The van der Waals surface area contributed by atoms with E-state index in [1.807, 2.05) is 6.07 Å². The number of urea groups is 1. The monoisotopic (exact) mass is 345 g/mol. The highest BCUT2D eigenvalue weighted by Crippen LogP contribution is 2.13. The number of hydrogen-bond donors (Lipinski definition) is 2. The van der Waals surface area contributed by atoms with Gasteiger partial charge in [0.05, 0.1) is 6.26 Å². The lowest BCUT2D eigenvalue weighted by Gasteiger charge is -2.17. The highest BCUT2D eigenvalue weighted by atomic mass is 19.1. The van der Waals surface area contributed by atoms with E-state index in [0.29, 0.717) is 38.0 Å². The molecule has 2 heterocycles. The van der Waals surface area contributed by atoms with E-state index < -0.39 is 0 Å². The predicted octanol–water partition coefficient (Wildman–Crippen LogP) is 2.77. The summed E-state index contributed by atoms with van der Waals surface area (Å²) in [6, 6.07) is 8.75. The largest absolute Gasteiger partial charge is 0.469 e. The quantitative estimate of drug-likeness (QED) is 0.875. The molecule has 0 radical (unpaired) electrons. The molecule has 132 valence electrons. The standard InChI is InChI=1S/C18H20FN3O3/c19-13-3-5-14(6-4-13)20-18(24)21-15-9-10-22(12-15)17(23)8-7-16-2-1-11-25-16/h1-6,11,15H,7-10,12H2,(H2,20,21,24). The zero-order chi connectivity index (χ0) is 17.6. The van der Waals surface area contributed by atoms with Crippen LogP contribution in [0.4, 0.5) is 14.9 Å². The second kappa shape index (κ2) is 7.83. The van der Waals surface area contributed by atoms with Crippen molar-refractivity contribution in [2.45, 2.75) is 25.3 Å². The van der Waals surface area contributed by atoms with Gasteiger partial charge in [-0.2, -0.15) is 0 Å². The van der Waals surface area contributed by atoms with Gasteiger partial charge in [0.25, 0.3) is 0 Å². The third-order valence-electron chi connectivity index (χ3n) is 4.14. The summed E-state index contributed by atoms with van der Waals surface area (Å²) < 4.78 is 18.1. The maximum atomic E-state index is 12.9. The molecule has 3 rings (SSSR count). The Morgan fingerprint density at radius 1 is 1.24 bits per heavy atom. The molecule has 0 bridgehead atoms. The molecule has 0 spiro atoms. The smallest absolute Gasteiger partial charge is 0.319 e. The molecule has 0 saturated carbocycles. The highest BCUT2D eigenvalue weighted by molar-refractivity contribution is 5.89. The Morgan fingerprint density at radius 2 is 2.04 bits per heavy atom. The minimum Gasteiger partial charge on any atom is -0.469 e. The lowest BCUT2D eigenvalue weighted by molar-refractivity contribution is -0.130. The van der Waals surface area contributed by atoms with Crippen molar-refractivity contribution in [3.63, 3.8) is 0 Å². The Morgan fingerprint density at radius 3 is 2.76 bits per heavy atom. The van der Waals surface area contributed by atoms with Crippen LogP contribution in [0.2, 0.25) is 0 Å². The maximum Gasteiger partial charge on any atom is 0.319 e. The van der Waals surface area contributed by atoms with Crippen LogP contribution in [0.5, 0.6) is 0 Å². The van der Waals surface area contributed by atoms with Gasteiger partial charge < -0.3 is 20.0 Å². The minimum atomic E-state index is -0.360. The van der Waals surface area contributed by atoms with Crippen molar-refractivity contribution in [1.29, 1.82) is 0 Å². The van der Waals surface area contributed by atoms with Crippen molar-refractivity contribution < 1.29 is 18.4 Å². The molecule has 1 atom stereocenters. The summed E-state index contributed by atoms with van der Waals surface area (Å²) in [6.45, 7) is 1.12. The third-order valence-corrected chi connectivity index (χ3v) is 4.14. The van der Waals surface area contributed by atoms with Crippen LogP contribution < -0.4 is 10.6 Å². The van der Waals surface area contributed by atoms with Gasteiger partial charge in [0.1, 0.15) is 11.6 Å². The summed E-state index contributed by atoms with van der Waals surface area (Å²) in [5, 5.41) is 5.49. The van der Waals surface area contributed by atoms with Crippen LogP contribution in [0.25, 0.3) is 0 Å². The summed E-state index contributed by atoms with van der Waals surface area (Å²) >= 11 is 0. The van der Waals surface area contributed by atoms with E-state index in [4.69, 9.17) is 4.42 Å². The van der Waals surface area contributed by atoms with E-state index in [9.17, 15) is 14.0 Å². The van der Waals surface area contributed by atoms with Gasteiger partial charge >= 0.3 is 6.03 Å². The number of nitrogens with one attached hydrogen (secondary N) is 2. The number of carbonyl (C=O) groups excluding carboxylic acids is 2. The fourth-order valence-electron chi connectivity index (χ4n) is 2.83. The van der Waals surface area contributed by atoms with E-state index in [2.05, 4.69) is 10.6 Å². The summed E-state index contributed by atoms with van der Waals surface area (Å²) in [5.74, 6) is 0.492. The van der Waals surface area contributed by atoms with Gasteiger partial charge in [-0.3, -0.25) is 4.79 Å². The van der Waals surface area contributed by atoms with Gasteiger partial charge in [-0.15, -0.1) is 0 Å². The van der Waals surface area contributed by atoms with E-state index in [0.717, 1.165) is 5.76 Å². The molecule has 1 fully saturated rings. The van der Waals surface area contributed by atoms with E-state index in [1.54, 1.807) is 17.2 Å². The van der Waals surface area contributed by atoms with Gasteiger partial charge in [-0.1, -0.05) is 0 Å². The summed E-state index contributed by atoms with van der Waals surface area (Å²) in [6.07, 6.45) is 3.27. The molecule has 1 aliphatic heterocycles. The van der Waals surface area contributed by atoms with Gasteiger partial charge in [-0.05, 0) is 42.8 Å². The first kappa shape index (κ1) is 17.0. The Kier molecular flexibility index (Phi) is 5.33. The van der Waals surface area contributed by atoms with Crippen molar-refractivity contribution in [3.8, 4) is 0 Å². The van der Waals surface area contributed by atoms with E-state index in [1.165, 1.54) is 24.3 Å². The van der Waals surface area contributed by atoms with E-state index in [-0.39, 0.29) is 23.8 Å². The first-order chi connectivity index (χ1) is 12.1. The number of anilines is 1. The second-order valence-electron chi connectivity index (χ2n) is 6.01. The van der Waals surface area contributed by atoms with Crippen molar-refractivity contribution >= 4 is 17.6 Å². The van der Waals surface area contributed by atoms with Crippen molar-refractivity contribution in [3.05, 3.63) is 54.2 Å². The molecule has 2 aromatic rings. The van der Waals surface area contributed by atoms with Crippen molar-refractivity contribution in [1.82, 2.24) is 10.2 Å². The van der Waals surface area contributed by atoms with Gasteiger partial charge in [-0.25, -0.2) is 9.18 Å². The number of nitrogens with zero attached hydrogens (tertiary/aromatic N) is 1. The number of benzene rings is 1. The average Bonchev–Trinajstić information content (AvgIpc) is 3.26. The fraction of sp³-hybridized carbons (Fsp3) is 0.333. The van der Waals surface area contributed by atoms with Crippen LogP contribution in [-0.4, -0.2) is 36.0 Å². The van der Waals surface area contributed by atoms with Crippen LogP contribution >= 0.6 is 0 Å². The zero-order valence-electron chi connectivity index (χ0n) is 13.7. The van der Waals surface area contributed by atoms with Gasteiger partial charge in [0, 0.05) is 37.7 Å². The number of carbonyl (C=O) groups is 2. The first-order valence-electron chi connectivity index (χ1n) is 8.23. The third kappa shape index (κ3) is 4.82.